The molecule has 1 aromatic heterocycles. The van der Waals surface area contributed by atoms with Gasteiger partial charge in [0, 0.05) is 44.2 Å². The van der Waals surface area contributed by atoms with Crippen molar-refractivity contribution in [1.82, 2.24) is 14.8 Å². The van der Waals surface area contributed by atoms with Gasteiger partial charge in [-0.25, -0.2) is 0 Å². The summed E-state index contributed by atoms with van der Waals surface area (Å²) < 4.78 is 12.4. The lowest BCUT2D eigenvalue weighted by Gasteiger charge is -2.47. The average Bonchev–Trinajstić information content (AvgIpc) is 3.23. The van der Waals surface area contributed by atoms with Crippen LogP contribution in [0.5, 0.6) is 11.5 Å². The predicted octanol–water partition coefficient (Wildman–Crippen LogP) is 3.83. The molecule has 0 unspecified atom stereocenters. The van der Waals surface area contributed by atoms with E-state index in [-0.39, 0.29) is 11.7 Å². The maximum Gasteiger partial charge on any atom is 0.256 e. The highest BCUT2D eigenvalue weighted by Gasteiger charge is 2.48. The zero-order chi connectivity index (χ0) is 22.5. The number of carbonyl (C=O) groups excluding carboxylic acids is 1. The molecule has 1 saturated carbocycles. The molecule has 3 fully saturated rings. The lowest BCUT2D eigenvalue weighted by molar-refractivity contribution is -0.139. The fraction of sp³-hybridized carbons (Fsp3) is 0.538. The minimum Gasteiger partial charge on any atom is -0.448 e. The molecule has 4 aliphatic rings. The largest absolute Gasteiger partial charge is 0.448 e. The first kappa shape index (κ1) is 20.8. The van der Waals surface area contributed by atoms with Crippen LogP contribution < -0.4 is 15.2 Å². The highest BCUT2D eigenvalue weighted by atomic mass is 16.7. The first-order chi connectivity index (χ1) is 16.0. The highest BCUT2D eigenvalue weighted by Crippen LogP contribution is 2.50. The summed E-state index contributed by atoms with van der Waals surface area (Å²) in [5.41, 5.74) is 8.59. The van der Waals surface area contributed by atoms with Crippen molar-refractivity contribution >= 4 is 11.6 Å². The van der Waals surface area contributed by atoms with E-state index in [1.54, 1.807) is 18.5 Å². The van der Waals surface area contributed by atoms with Gasteiger partial charge in [0.15, 0.2) is 11.5 Å². The molecule has 0 radical (unpaired) electrons. The molecule has 0 atom stereocenters. The second kappa shape index (κ2) is 7.90. The molecule has 174 valence electrons. The van der Waals surface area contributed by atoms with E-state index < -0.39 is 0 Å². The van der Waals surface area contributed by atoms with Crippen molar-refractivity contribution < 1.29 is 14.3 Å². The summed E-state index contributed by atoms with van der Waals surface area (Å²) >= 11 is 0. The van der Waals surface area contributed by atoms with E-state index in [1.807, 2.05) is 11.0 Å². The number of nitrogens with two attached hydrogens (primary N) is 1. The molecule has 3 aliphatic heterocycles. The van der Waals surface area contributed by atoms with Gasteiger partial charge in [0.1, 0.15) is 0 Å². The van der Waals surface area contributed by atoms with Crippen LogP contribution in [0.1, 0.15) is 60.9 Å². The van der Waals surface area contributed by atoms with Crippen LogP contribution >= 0.6 is 0 Å². The number of likely N-dealkylation sites (tertiary alicyclic amines) is 2. The topological polar surface area (TPSA) is 80.9 Å². The van der Waals surface area contributed by atoms with E-state index in [0.717, 1.165) is 69.9 Å². The molecule has 33 heavy (non-hydrogen) atoms. The Morgan fingerprint density at radius 3 is 2.45 bits per heavy atom. The number of benzene rings is 1. The summed E-state index contributed by atoms with van der Waals surface area (Å²) in [5.74, 6) is 1.52. The number of hydrogen-bond acceptors (Lipinski definition) is 6. The maximum atomic E-state index is 12.9. The smallest absolute Gasteiger partial charge is 0.256 e. The van der Waals surface area contributed by atoms with Gasteiger partial charge in [-0.05, 0) is 62.7 Å². The van der Waals surface area contributed by atoms with Crippen LogP contribution in [0.3, 0.4) is 0 Å². The van der Waals surface area contributed by atoms with Crippen molar-refractivity contribution in [3.05, 3.63) is 47.8 Å². The molecule has 7 nitrogen and oxygen atoms in total. The average molecular weight is 449 g/mol. The Bertz CT molecular complexity index is 1050. The van der Waals surface area contributed by atoms with E-state index in [2.05, 4.69) is 22.0 Å². The molecule has 1 aromatic carbocycles. The highest BCUT2D eigenvalue weighted by molar-refractivity contribution is 5.98. The van der Waals surface area contributed by atoms with Gasteiger partial charge in [-0.15, -0.1) is 0 Å². The van der Waals surface area contributed by atoms with Crippen LogP contribution in [0, 0.1) is 5.41 Å². The Morgan fingerprint density at radius 1 is 1.00 bits per heavy atom. The van der Waals surface area contributed by atoms with Crippen LogP contribution in [0.15, 0.2) is 36.7 Å². The minimum absolute atomic E-state index is 0.0339. The number of nitrogen functional groups attached to an aromatic ring is 1. The lowest BCUT2D eigenvalue weighted by atomic mass is 9.71. The Kier molecular flexibility index (Phi) is 4.98. The normalized spacial score (nSPS) is 23.0. The predicted molar refractivity (Wildman–Crippen MR) is 125 cm³/mol. The molecule has 1 aliphatic carbocycles. The van der Waals surface area contributed by atoms with Crippen molar-refractivity contribution in [1.29, 1.82) is 0 Å². The first-order valence-corrected chi connectivity index (χ1v) is 12.3. The summed E-state index contributed by atoms with van der Waals surface area (Å²) in [7, 11) is 0. The quantitative estimate of drug-likeness (QED) is 0.769. The third-order valence-corrected chi connectivity index (χ3v) is 8.26. The van der Waals surface area contributed by atoms with E-state index in [9.17, 15) is 4.79 Å². The Balaban J connectivity index is 1.05. The molecule has 2 saturated heterocycles. The van der Waals surface area contributed by atoms with Crippen molar-refractivity contribution in [2.75, 3.05) is 31.9 Å². The SMILES string of the molecule is Nc1cnccc1C(=O)N1CCC2(CCN(Cc3cccc4c3OC3(CCC3)O4)CC2)CC1. The number of amides is 1. The second-order valence-electron chi connectivity index (χ2n) is 10.2. The molecule has 2 N–H and O–H groups in total. The molecular weight excluding hydrogens is 416 g/mol. The van der Waals surface area contributed by atoms with Crippen molar-refractivity contribution in [2.45, 2.75) is 57.3 Å². The summed E-state index contributed by atoms with van der Waals surface area (Å²) in [6.45, 7) is 4.69. The van der Waals surface area contributed by atoms with Crippen LogP contribution in [-0.4, -0.2) is 52.7 Å². The van der Waals surface area contributed by atoms with E-state index in [1.165, 1.54) is 24.8 Å². The molecule has 0 bridgehead atoms. The van der Waals surface area contributed by atoms with Crippen LogP contribution in [0.4, 0.5) is 5.69 Å². The van der Waals surface area contributed by atoms with Gasteiger partial charge < -0.3 is 20.1 Å². The van der Waals surface area contributed by atoms with Crippen LogP contribution in [-0.2, 0) is 6.54 Å². The van der Waals surface area contributed by atoms with E-state index >= 15 is 0 Å². The van der Waals surface area contributed by atoms with Crippen molar-refractivity contribution in [2.24, 2.45) is 5.41 Å². The number of piperidine rings is 2. The number of rotatable bonds is 3. The van der Waals surface area contributed by atoms with E-state index in [4.69, 9.17) is 15.2 Å². The number of pyridine rings is 1. The minimum atomic E-state index is -0.378. The van der Waals surface area contributed by atoms with Gasteiger partial charge >= 0.3 is 0 Å². The number of hydrogen-bond donors (Lipinski definition) is 1. The monoisotopic (exact) mass is 448 g/mol. The molecule has 6 rings (SSSR count). The second-order valence-corrected chi connectivity index (χ2v) is 10.2. The van der Waals surface area contributed by atoms with Gasteiger partial charge in [0.2, 0.25) is 0 Å². The standard InChI is InChI=1S/C26H32N4O3/c27-21-17-28-12-5-20(21)24(31)30-15-10-25(11-16-30)8-13-29(14-9-25)18-19-3-1-4-22-23(19)33-26(32-22)6-2-7-26/h1,3-5,12,17H,2,6-11,13-16,18,27H2. The van der Waals surface area contributed by atoms with Crippen molar-refractivity contribution in [3.8, 4) is 11.5 Å². The number of ether oxygens (including phenoxy) is 2. The van der Waals surface area contributed by atoms with Crippen LogP contribution in [0.2, 0.25) is 0 Å². The number of para-hydroxylation sites is 1. The number of aromatic nitrogens is 1. The van der Waals surface area contributed by atoms with Gasteiger partial charge in [0.25, 0.3) is 11.7 Å². The molecule has 2 aromatic rings. The Morgan fingerprint density at radius 2 is 1.76 bits per heavy atom. The van der Waals surface area contributed by atoms with Gasteiger partial charge in [0.05, 0.1) is 17.4 Å². The fourth-order valence-corrected chi connectivity index (χ4v) is 5.84. The Labute approximate surface area is 194 Å². The lowest BCUT2D eigenvalue weighted by Crippen LogP contribution is -2.48. The summed E-state index contributed by atoms with van der Waals surface area (Å²) in [6.07, 6.45) is 10.8. The molecule has 1 amide bonds. The van der Waals surface area contributed by atoms with Gasteiger partial charge in [-0.2, -0.15) is 0 Å². The summed E-state index contributed by atoms with van der Waals surface area (Å²) in [5, 5.41) is 0. The Hall–Kier alpha value is -2.80. The molecule has 7 heteroatoms. The van der Waals surface area contributed by atoms with Gasteiger partial charge in [-0.1, -0.05) is 12.1 Å². The molecule has 4 heterocycles. The van der Waals surface area contributed by atoms with Crippen molar-refractivity contribution in [3.63, 3.8) is 0 Å². The summed E-state index contributed by atoms with van der Waals surface area (Å²) in [4.78, 5) is 21.4. The zero-order valence-electron chi connectivity index (χ0n) is 19.1. The number of fused-ring (bicyclic) bond motifs is 1. The van der Waals surface area contributed by atoms with Crippen LogP contribution in [0.25, 0.3) is 0 Å². The molecular formula is C26H32N4O3. The number of anilines is 1. The van der Waals surface area contributed by atoms with E-state index in [0.29, 0.717) is 16.7 Å². The zero-order valence-corrected chi connectivity index (χ0v) is 19.1. The maximum absolute atomic E-state index is 12.9. The third kappa shape index (κ3) is 3.72. The molecule has 2 spiro atoms. The number of carbonyl (C=O) groups is 1. The summed E-state index contributed by atoms with van der Waals surface area (Å²) in [6, 6.07) is 8.02. The van der Waals surface area contributed by atoms with Gasteiger partial charge in [-0.3, -0.25) is 14.7 Å². The fourth-order valence-electron chi connectivity index (χ4n) is 5.84. The first-order valence-electron chi connectivity index (χ1n) is 12.3. The number of nitrogens with zero attached hydrogens (tertiary/aromatic N) is 3. The third-order valence-electron chi connectivity index (χ3n) is 8.26.